The van der Waals surface area contributed by atoms with Crippen molar-refractivity contribution in [3.63, 3.8) is 0 Å². The van der Waals surface area contributed by atoms with Crippen LogP contribution in [0.3, 0.4) is 0 Å². The predicted octanol–water partition coefficient (Wildman–Crippen LogP) is 3.31. The molecule has 1 aliphatic rings. The van der Waals surface area contributed by atoms with Crippen LogP contribution in [0.4, 0.5) is 0 Å². The van der Waals surface area contributed by atoms with Crippen LogP contribution in [0.25, 0.3) is 10.9 Å². The number of hydrogen-bond donors (Lipinski definition) is 2. The molecule has 0 saturated carbocycles. The Bertz CT molecular complexity index is 870. The van der Waals surface area contributed by atoms with Crippen molar-refractivity contribution < 1.29 is 4.74 Å². The Hall–Kier alpha value is -1.95. The minimum absolute atomic E-state index is 0.870. The highest BCUT2D eigenvalue weighted by Crippen LogP contribution is 2.32. The molecular formula is C19H21N3OS. The first kappa shape index (κ1) is 15.6. The molecule has 2 aromatic carbocycles. The molecule has 0 radical (unpaired) electrons. The Morgan fingerprint density at radius 3 is 2.79 bits per heavy atom. The summed E-state index contributed by atoms with van der Waals surface area (Å²) >= 11 is 1.28. The fourth-order valence-electron chi connectivity index (χ4n) is 3.52. The van der Waals surface area contributed by atoms with E-state index in [1.54, 1.807) is 7.11 Å². The Balaban J connectivity index is 1.82. The second-order valence-corrected chi connectivity index (χ2v) is 6.79. The molecule has 1 aliphatic heterocycles. The average molecular weight is 339 g/mol. The maximum atomic E-state index is 5.62. The molecule has 0 atom stereocenters. The molecule has 124 valence electrons. The number of nitrogens with zero attached hydrogens (tertiary/aromatic N) is 1. The number of nitrogens with two attached hydrogens (primary N) is 1. The van der Waals surface area contributed by atoms with Gasteiger partial charge in [0.15, 0.2) is 0 Å². The third kappa shape index (κ3) is 2.69. The lowest BCUT2D eigenvalue weighted by Gasteiger charge is -2.17. The van der Waals surface area contributed by atoms with Crippen molar-refractivity contribution >= 4 is 22.9 Å². The zero-order valence-corrected chi connectivity index (χ0v) is 14.5. The molecule has 24 heavy (non-hydrogen) atoms. The Morgan fingerprint density at radius 1 is 1.21 bits per heavy atom. The molecule has 0 spiro atoms. The summed E-state index contributed by atoms with van der Waals surface area (Å²) in [5.74, 6) is 0.904. The molecule has 0 unspecified atom stereocenters. The van der Waals surface area contributed by atoms with Gasteiger partial charge in [-0.3, -0.25) is 5.14 Å². The molecule has 0 saturated heterocycles. The highest BCUT2D eigenvalue weighted by atomic mass is 32.2. The lowest BCUT2D eigenvalue weighted by Crippen LogP contribution is -2.24. The topological polar surface area (TPSA) is 52.2 Å². The summed E-state index contributed by atoms with van der Waals surface area (Å²) in [5, 5.41) is 10.4. The van der Waals surface area contributed by atoms with Gasteiger partial charge in [0.05, 0.1) is 12.6 Å². The summed E-state index contributed by atoms with van der Waals surface area (Å²) in [4.78, 5) is 1.09. The summed E-state index contributed by atoms with van der Waals surface area (Å²) in [6.45, 7) is 2.84. The van der Waals surface area contributed by atoms with Gasteiger partial charge in [0.1, 0.15) is 5.75 Å². The molecule has 4 rings (SSSR count). The summed E-state index contributed by atoms with van der Waals surface area (Å²) in [5.41, 5.74) is 5.40. The van der Waals surface area contributed by atoms with Crippen molar-refractivity contribution in [2.24, 2.45) is 5.14 Å². The minimum Gasteiger partial charge on any atom is -0.497 e. The van der Waals surface area contributed by atoms with Crippen molar-refractivity contribution in [2.45, 2.75) is 24.4 Å². The largest absolute Gasteiger partial charge is 0.497 e. The van der Waals surface area contributed by atoms with Crippen molar-refractivity contribution in [2.75, 3.05) is 13.7 Å². The number of ether oxygens (including phenoxy) is 1. The fraction of sp³-hybridized carbons (Fsp3) is 0.263. The van der Waals surface area contributed by atoms with E-state index in [0.29, 0.717) is 0 Å². The van der Waals surface area contributed by atoms with Crippen LogP contribution in [-0.4, -0.2) is 18.2 Å². The van der Waals surface area contributed by atoms with Gasteiger partial charge in [-0.1, -0.05) is 12.1 Å². The van der Waals surface area contributed by atoms with Crippen LogP contribution < -0.4 is 15.2 Å². The first-order chi connectivity index (χ1) is 11.8. The molecule has 2 heterocycles. The van der Waals surface area contributed by atoms with Gasteiger partial charge >= 0.3 is 0 Å². The molecule has 4 nitrogen and oxygen atoms in total. The van der Waals surface area contributed by atoms with Crippen LogP contribution in [0.1, 0.15) is 16.8 Å². The molecule has 3 N–H and O–H groups in total. The zero-order valence-electron chi connectivity index (χ0n) is 13.7. The van der Waals surface area contributed by atoms with E-state index in [1.165, 1.54) is 39.7 Å². The number of fused-ring (bicyclic) bond motifs is 3. The van der Waals surface area contributed by atoms with Crippen molar-refractivity contribution in [1.82, 2.24) is 9.88 Å². The molecular weight excluding hydrogens is 318 g/mol. The fourth-order valence-corrected chi connectivity index (χ4v) is 3.81. The molecule has 0 aliphatic carbocycles. The smallest absolute Gasteiger partial charge is 0.120 e. The van der Waals surface area contributed by atoms with E-state index in [0.717, 1.165) is 36.7 Å². The Kier molecular flexibility index (Phi) is 4.22. The van der Waals surface area contributed by atoms with E-state index in [-0.39, 0.29) is 0 Å². The van der Waals surface area contributed by atoms with Gasteiger partial charge < -0.3 is 14.6 Å². The predicted molar refractivity (Wildman–Crippen MR) is 99.5 cm³/mol. The van der Waals surface area contributed by atoms with Gasteiger partial charge in [0, 0.05) is 48.1 Å². The third-order valence-electron chi connectivity index (χ3n) is 4.74. The summed E-state index contributed by atoms with van der Waals surface area (Å²) in [6.07, 6.45) is 1.06. The van der Waals surface area contributed by atoms with Crippen molar-refractivity contribution in [3.05, 3.63) is 59.3 Å². The quantitative estimate of drug-likeness (QED) is 0.716. The lowest BCUT2D eigenvalue weighted by atomic mass is 10.1. The maximum Gasteiger partial charge on any atom is 0.120 e. The van der Waals surface area contributed by atoms with Gasteiger partial charge in [-0.15, -0.1) is 0 Å². The molecule has 3 aromatic rings. The maximum absolute atomic E-state index is 5.62. The summed E-state index contributed by atoms with van der Waals surface area (Å²) < 4.78 is 7.89. The molecule has 0 bridgehead atoms. The lowest BCUT2D eigenvalue weighted by molar-refractivity contribution is 0.415. The molecule has 0 amide bonds. The van der Waals surface area contributed by atoms with Gasteiger partial charge in [-0.05, 0) is 47.3 Å². The summed E-state index contributed by atoms with van der Waals surface area (Å²) in [6, 6.07) is 14.9. The standard InChI is InChI=1S/C19H21N3OS/c1-23-14-4-7-16-17-11-21-9-8-18(17)22(19(16)10-14)12-13-2-5-15(24-20)6-3-13/h2-7,10,21H,8-9,11-12,20H2,1H3. The van der Waals surface area contributed by atoms with E-state index in [1.807, 2.05) is 0 Å². The first-order valence-electron chi connectivity index (χ1n) is 8.14. The van der Waals surface area contributed by atoms with Crippen LogP contribution in [0, 0.1) is 0 Å². The number of rotatable bonds is 4. The molecule has 5 heteroatoms. The normalized spacial score (nSPS) is 13.9. The molecule has 0 fully saturated rings. The second-order valence-electron chi connectivity index (χ2n) is 6.08. The average Bonchev–Trinajstić information content (AvgIpc) is 2.96. The Labute approximate surface area is 146 Å². The molecule has 1 aromatic heterocycles. The Morgan fingerprint density at radius 2 is 2.04 bits per heavy atom. The van der Waals surface area contributed by atoms with E-state index in [2.05, 4.69) is 52.3 Å². The van der Waals surface area contributed by atoms with Crippen molar-refractivity contribution in [1.29, 1.82) is 0 Å². The van der Waals surface area contributed by atoms with Gasteiger partial charge in [-0.25, -0.2) is 0 Å². The SMILES string of the molecule is COc1ccc2c3c(n(Cc4ccc(SN)cc4)c2c1)CCNC3. The van der Waals surface area contributed by atoms with Gasteiger partial charge in [0.2, 0.25) is 0 Å². The highest BCUT2D eigenvalue weighted by Gasteiger charge is 2.20. The van der Waals surface area contributed by atoms with Crippen LogP contribution in [0.15, 0.2) is 47.4 Å². The minimum atomic E-state index is 0.870. The number of nitrogens with one attached hydrogen (secondary N) is 1. The van der Waals surface area contributed by atoms with Gasteiger partial charge in [-0.2, -0.15) is 0 Å². The van der Waals surface area contributed by atoms with Crippen molar-refractivity contribution in [3.8, 4) is 5.75 Å². The first-order valence-corrected chi connectivity index (χ1v) is 9.02. The van der Waals surface area contributed by atoms with E-state index in [9.17, 15) is 0 Å². The number of benzene rings is 2. The van der Waals surface area contributed by atoms with Crippen LogP contribution in [-0.2, 0) is 19.5 Å². The highest BCUT2D eigenvalue weighted by molar-refractivity contribution is 7.97. The number of methoxy groups -OCH3 is 1. The monoisotopic (exact) mass is 339 g/mol. The van der Waals surface area contributed by atoms with Crippen LogP contribution in [0.2, 0.25) is 0 Å². The van der Waals surface area contributed by atoms with E-state index in [4.69, 9.17) is 9.88 Å². The summed E-state index contributed by atoms with van der Waals surface area (Å²) in [7, 11) is 1.72. The number of hydrogen-bond acceptors (Lipinski definition) is 4. The van der Waals surface area contributed by atoms with Crippen LogP contribution in [0.5, 0.6) is 5.75 Å². The van der Waals surface area contributed by atoms with Gasteiger partial charge in [0.25, 0.3) is 0 Å². The number of aromatic nitrogens is 1. The van der Waals surface area contributed by atoms with Crippen LogP contribution >= 0.6 is 11.9 Å². The van der Waals surface area contributed by atoms with E-state index < -0.39 is 0 Å². The van der Waals surface area contributed by atoms with E-state index >= 15 is 0 Å². The zero-order chi connectivity index (χ0) is 16.5. The second kappa shape index (κ2) is 6.51. The third-order valence-corrected chi connectivity index (χ3v) is 5.28.